The molecular weight excluding hydrogens is 390 g/mol. The average Bonchev–Trinajstić information content (AvgIpc) is 2.83. The molecule has 1 aliphatic heterocycles. The molecule has 0 amide bonds. The van der Waals surface area contributed by atoms with E-state index in [4.69, 9.17) is 18.9 Å². The van der Waals surface area contributed by atoms with Gasteiger partial charge in [-0.05, 0) is 54.3 Å². The van der Waals surface area contributed by atoms with Crippen LogP contribution < -0.4 is 24.3 Å². The van der Waals surface area contributed by atoms with Gasteiger partial charge in [0, 0.05) is 17.7 Å². The van der Waals surface area contributed by atoms with Crippen LogP contribution in [-0.4, -0.2) is 34.5 Å². The van der Waals surface area contributed by atoms with Crippen molar-refractivity contribution in [2.75, 3.05) is 34.5 Å². The van der Waals surface area contributed by atoms with Crippen molar-refractivity contribution in [1.29, 1.82) is 0 Å². The van der Waals surface area contributed by atoms with Gasteiger partial charge in [0.2, 0.25) is 0 Å². The normalized spacial score (nSPS) is 15.2. The monoisotopic (exact) mass is 419 g/mol. The minimum absolute atomic E-state index is 0.0393. The van der Waals surface area contributed by atoms with Crippen LogP contribution in [0.4, 0.5) is 0 Å². The van der Waals surface area contributed by atoms with Crippen LogP contribution in [0.3, 0.4) is 0 Å². The second kappa shape index (κ2) is 9.31. The molecule has 4 rings (SSSR count). The molecule has 0 aromatic heterocycles. The standard InChI is InChI=1S/C26H29NO4/c1-5-31-25-15-20-18(13-24(25)30-4)11-12-27-26(20)21-16-22(28-2)19(14-23(21)29-3)17-9-7-6-8-10-17/h6-10,13-16,26-27H,5,11-12H2,1-4H3. The molecule has 0 fully saturated rings. The van der Waals surface area contributed by atoms with E-state index in [1.54, 1.807) is 21.3 Å². The van der Waals surface area contributed by atoms with Gasteiger partial charge in [-0.25, -0.2) is 0 Å². The van der Waals surface area contributed by atoms with Crippen molar-refractivity contribution in [1.82, 2.24) is 5.32 Å². The first-order valence-electron chi connectivity index (χ1n) is 10.6. The minimum Gasteiger partial charge on any atom is -0.496 e. The zero-order valence-corrected chi connectivity index (χ0v) is 18.5. The number of rotatable bonds is 7. The maximum Gasteiger partial charge on any atom is 0.161 e. The molecule has 1 atom stereocenters. The van der Waals surface area contributed by atoms with E-state index in [0.29, 0.717) is 6.61 Å². The first kappa shape index (κ1) is 21.1. The average molecular weight is 420 g/mol. The highest BCUT2D eigenvalue weighted by molar-refractivity contribution is 5.74. The lowest BCUT2D eigenvalue weighted by Crippen LogP contribution is -2.31. The highest BCUT2D eigenvalue weighted by Gasteiger charge is 2.27. The Balaban J connectivity index is 1.85. The van der Waals surface area contributed by atoms with Gasteiger partial charge in [-0.1, -0.05) is 30.3 Å². The summed E-state index contributed by atoms with van der Waals surface area (Å²) in [7, 11) is 5.10. The van der Waals surface area contributed by atoms with Gasteiger partial charge in [-0.15, -0.1) is 0 Å². The zero-order chi connectivity index (χ0) is 21.8. The Morgan fingerprint density at radius 1 is 0.806 bits per heavy atom. The Morgan fingerprint density at radius 2 is 1.52 bits per heavy atom. The van der Waals surface area contributed by atoms with Crippen molar-refractivity contribution in [3.63, 3.8) is 0 Å². The Kier molecular flexibility index (Phi) is 6.33. The van der Waals surface area contributed by atoms with Gasteiger partial charge in [-0.3, -0.25) is 0 Å². The second-order valence-corrected chi connectivity index (χ2v) is 7.43. The fourth-order valence-corrected chi connectivity index (χ4v) is 4.26. The SMILES string of the molecule is CCOc1cc2c(cc1OC)CCNC2c1cc(OC)c(-c2ccccc2)cc1OC. The first-order chi connectivity index (χ1) is 15.2. The second-order valence-electron chi connectivity index (χ2n) is 7.43. The van der Waals surface area contributed by atoms with E-state index in [1.165, 1.54) is 11.1 Å². The van der Waals surface area contributed by atoms with Crippen LogP contribution in [0.25, 0.3) is 11.1 Å². The lowest BCUT2D eigenvalue weighted by Gasteiger charge is -2.30. The third-order valence-corrected chi connectivity index (χ3v) is 5.73. The molecule has 0 saturated heterocycles. The van der Waals surface area contributed by atoms with Crippen molar-refractivity contribution in [2.24, 2.45) is 0 Å². The lowest BCUT2D eigenvalue weighted by molar-refractivity contribution is 0.309. The van der Waals surface area contributed by atoms with Gasteiger partial charge in [0.25, 0.3) is 0 Å². The van der Waals surface area contributed by atoms with Gasteiger partial charge in [0.15, 0.2) is 11.5 Å². The summed E-state index contributed by atoms with van der Waals surface area (Å²) >= 11 is 0. The molecule has 31 heavy (non-hydrogen) atoms. The van der Waals surface area contributed by atoms with E-state index < -0.39 is 0 Å². The number of fused-ring (bicyclic) bond motifs is 1. The van der Waals surface area contributed by atoms with Crippen LogP contribution in [0.1, 0.15) is 29.7 Å². The Bertz CT molecular complexity index is 1050. The quantitative estimate of drug-likeness (QED) is 0.583. The molecule has 1 N–H and O–H groups in total. The number of benzene rings is 3. The first-order valence-corrected chi connectivity index (χ1v) is 10.6. The van der Waals surface area contributed by atoms with Crippen molar-refractivity contribution in [3.8, 4) is 34.1 Å². The highest BCUT2D eigenvalue weighted by Crippen LogP contribution is 2.43. The number of hydrogen-bond donors (Lipinski definition) is 1. The zero-order valence-electron chi connectivity index (χ0n) is 18.5. The molecule has 0 aliphatic carbocycles. The van der Waals surface area contributed by atoms with Crippen LogP contribution in [-0.2, 0) is 6.42 Å². The van der Waals surface area contributed by atoms with Crippen LogP contribution in [0, 0.1) is 0 Å². The molecule has 5 heteroatoms. The molecule has 1 aliphatic rings. The summed E-state index contributed by atoms with van der Waals surface area (Å²) < 4.78 is 23.0. The lowest BCUT2D eigenvalue weighted by atomic mass is 9.87. The van der Waals surface area contributed by atoms with E-state index in [-0.39, 0.29) is 6.04 Å². The summed E-state index contributed by atoms with van der Waals surface area (Å²) in [6.07, 6.45) is 0.927. The van der Waals surface area contributed by atoms with Crippen molar-refractivity contribution < 1.29 is 18.9 Å². The van der Waals surface area contributed by atoms with E-state index in [1.807, 2.05) is 25.1 Å². The minimum atomic E-state index is -0.0393. The van der Waals surface area contributed by atoms with E-state index in [9.17, 15) is 0 Å². The summed E-state index contributed by atoms with van der Waals surface area (Å²) in [6, 6.07) is 18.5. The fourth-order valence-electron chi connectivity index (χ4n) is 4.26. The highest BCUT2D eigenvalue weighted by atomic mass is 16.5. The molecular formula is C26H29NO4. The van der Waals surface area contributed by atoms with Gasteiger partial charge < -0.3 is 24.3 Å². The fraction of sp³-hybridized carbons (Fsp3) is 0.308. The third-order valence-electron chi connectivity index (χ3n) is 5.73. The van der Waals surface area contributed by atoms with Crippen LogP contribution in [0.5, 0.6) is 23.0 Å². The Labute approximate surface area is 183 Å². The largest absolute Gasteiger partial charge is 0.496 e. The summed E-state index contributed by atoms with van der Waals surface area (Å²) in [6.45, 7) is 3.42. The summed E-state index contributed by atoms with van der Waals surface area (Å²) in [5, 5.41) is 3.65. The Hall–Kier alpha value is -3.18. The van der Waals surface area contributed by atoms with Crippen molar-refractivity contribution >= 4 is 0 Å². The summed E-state index contributed by atoms with van der Waals surface area (Å²) in [4.78, 5) is 0. The van der Waals surface area contributed by atoms with Gasteiger partial charge in [-0.2, -0.15) is 0 Å². The molecule has 3 aromatic carbocycles. The van der Waals surface area contributed by atoms with Crippen molar-refractivity contribution in [2.45, 2.75) is 19.4 Å². The molecule has 3 aromatic rings. The summed E-state index contributed by atoms with van der Waals surface area (Å²) in [5.41, 5.74) is 5.54. The predicted octanol–water partition coefficient (Wildman–Crippen LogP) is 5.01. The topological polar surface area (TPSA) is 49.0 Å². The smallest absolute Gasteiger partial charge is 0.161 e. The molecule has 1 unspecified atom stereocenters. The van der Waals surface area contributed by atoms with Crippen LogP contribution in [0.15, 0.2) is 54.6 Å². The Morgan fingerprint density at radius 3 is 2.19 bits per heavy atom. The molecule has 1 heterocycles. The maximum absolute atomic E-state index is 5.85. The maximum atomic E-state index is 5.85. The van der Waals surface area contributed by atoms with Crippen LogP contribution in [0.2, 0.25) is 0 Å². The van der Waals surface area contributed by atoms with E-state index >= 15 is 0 Å². The molecule has 0 spiro atoms. The van der Waals surface area contributed by atoms with Gasteiger partial charge >= 0.3 is 0 Å². The molecule has 0 saturated carbocycles. The summed E-state index contributed by atoms with van der Waals surface area (Å²) in [5.74, 6) is 3.16. The van der Waals surface area contributed by atoms with Crippen molar-refractivity contribution in [3.05, 3.63) is 71.3 Å². The van der Waals surface area contributed by atoms with E-state index in [0.717, 1.165) is 52.7 Å². The van der Waals surface area contributed by atoms with E-state index in [2.05, 4.69) is 41.7 Å². The molecule has 5 nitrogen and oxygen atoms in total. The number of nitrogens with one attached hydrogen (secondary N) is 1. The predicted molar refractivity (Wildman–Crippen MR) is 123 cm³/mol. The number of hydrogen-bond acceptors (Lipinski definition) is 5. The number of ether oxygens (including phenoxy) is 4. The van der Waals surface area contributed by atoms with Gasteiger partial charge in [0.1, 0.15) is 11.5 Å². The molecule has 162 valence electrons. The molecule has 0 radical (unpaired) electrons. The third kappa shape index (κ3) is 4.06. The van der Waals surface area contributed by atoms with Gasteiger partial charge in [0.05, 0.1) is 34.0 Å². The molecule has 0 bridgehead atoms. The number of methoxy groups -OCH3 is 3. The van der Waals surface area contributed by atoms with Crippen LogP contribution >= 0.6 is 0 Å².